The van der Waals surface area contributed by atoms with E-state index >= 15 is 0 Å². The Morgan fingerprint density at radius 2 is 2.04 bits per heavy atom. The van der Waals surface area contributed by atoms with Crippen molar-refractivity contribution in [3.63, 3.8) is 0 Å². The molecule has 3 saturated carbocycles. The average Bonchev–Trinajstić information content (AvgIpc) is 3.37. The number of fused-ring (bicyclic) bond motifs is 7. The van der Waals surface area contributed by atoms with Crippen LogP contribution in [0.5, 0.6) is 0 Å². The minimum absolute atomic E-state index is 0.0431. The quantitative estimate of drug-likeness (QED) is 0.799. The largest absolute Gasteiger partial charge is 0.481 e. The van der Waals surface area contributed by atoms with Crippen molar-refractivity contribution in [1.29, 1.82) is 0 Å². The number of aliphatic hydroxyl groups is 1. The van der Waals surface area contributed by atoms with Gasteiger partial charge in [0.2, 0.25) is 0 Å². The lowest BCUT2D eigenvalue weighted by Crippen LogP contribution is -2.55. The summed E-state index contributed by atoms with van der Waals surface area (Å²) in [5.74, 6) is 1.25. The molecule has 0 aromatic heterocycles. The molecule has 0 heterocycles. The number of hydrogen-bond donors (Lipinski definition) is 2. The predicted octanol–water partition coefficient (Wildman–Crippen LogP) is 3.52. The monoisotopic (exact) mass is 368 g/mol. The predicted molar refractivity (Wildman–Crippen MR) is 101 cm³/mol. The molecule has 4 unspecified atom stereocenters. The third-order valence-electron chi connectivity index (χ3n) is 8.99. The van der Waals surface area contributed by atoms with E-state index in [0.717, 1.165) is 24.8 Å². The Kier molecular flexibility index (Phi) is 3.37. The summed E-state index contributed by atoms with van der Waals surface area (Å²) in [7, 11) is 0. The summed E-state index contributed by atoms with van der Waals surface area (Å²) in [6.07, 6.45) is 13.4. The van der Waals surface area contributed by atoms with Crippen LogP contribution in [0.1, 0.15) is 46.0 Å². The summed E-state index contributed by atoms with van der Waals surface area (Å²) < 4.78 is 0. The number of allylic oxidation sites excluding steroid dienone is 6. The number of ketones is 1. The van der Waals surface area contributed by atoms with Gasteiger partial charge in [0.25, 0.3) is 0 Å². The first-order chi connectivity index (χ1) is 12.7. The highest BCUT2D eigenvalue weighted by molar-refractivity contribution is 6.01. The van der Waals surface area contributed by atoms with Crippen LogP contribution in [0.4, 0.5) is 0 Å². The highest BCUT2D eigenvalue weighted by Gasteiger charge is 2.75. The Hall–Kier alpha value is -1.68. The van der Waals surface area contributed by atoms with E-state index in [9.17, 15) is 19.8 Å². The molecule has 4 nitrogen and oxygen atoms in total. The Morgan fingerprint density at radius 1 is 1.26 bits per heavy atom. The summed E-state index contributed by atoms with van der Waals surface area (Å²) in [6.45, 7) is 4.46. The number of aliphatic carboxylic acids is 1. The van der Waals surface area contributed by atoms with Crippen molar-refractivity contribution in [2.24, 2.45) is 40.4 Å². The highest BCUT2D eigenvalue weighted by atomic mass is 16.4. The fourth-order valence-electron chi connectivity index (χ4n) is 7.55. The van der Waals surface area contributed by atoms with Gasteiger partial charge >= 0.3 is 5.97 Å². The molecule has 5 rings (SSSR count). The van der Waals surface area contributed by atoms with Crippen LogP contribution in [0.25, 0.3) is 0 Å². The lowest BCUT2D eigenvalue weighted by molar-refractivity contribution is -0.150. The molecule has 0 aromatic carbocycles. The molecule has 3 fully saturated rings. The Balaban J connectivity index is 1.53. The van der Waals surface area contributed by atoms with Gasteiger partial charge in [-0.25, -0.2) is 0 Å². The van der Waals surface area contributed by atoms with E-state index in [1.165, 1.54) is 0 Å². The maximum atomic E-state index is 11.8. The van der Waals surface area contributed by atoms with Gasteiger partial charge in [0.15, 0.2) is 5.78 Å². The topological polar surface area (TPSA) is 74.6 Å². The van der Waals surface area contributed by atoms with E-state index < -0.39 is 11.6 Å². The van der Waals surface area contributed by atoms with Crippen LogP contribution in [0.3, 0.4) is 0 Å². The zero-order valence-corrected chi connectivity index (χ0v) is 16.0. The second kappa shape index (κ2) is 5.22. The standard InChI is InChI=1S/C23H28O4/c1-21-8-5-14(24)11-13(21)3-4-15-17(21)6-9-22(2)20(15)16-12-18(16)23(22,27)10-7-19(25)26/h3-5,8,11,15-18,20,27H,6-7,9-10,12H2,1-2H3,(H,25,26)/t15?,16?,17?,18-,20?,21+,22+,23+/m1/s1. The molecule has 0 amide bonds. The summed E-state index contributed by atoms with van der Waals surface area (Å²) in [5, 5.41) is 20.8. The molecule has 0 bridgehead atoms. The fourth-order valence-corrected chi connectivity index (χ4v) is 7.55. The minimum atomic E-state index is -0.852. The zero-order valence-electron chi connectivity index (χ0n) is 16.0. The van der Waals surface area contributed by atoms with Crippen LogP contribution >= 0.6 is 0 Å². The first kappa shape index (κ1) is 17.4. The molecule has 0 aliphatic heterocycles. The number of rotatable bonds is 3. The maximum Gasteiger partial charge on any atom is 0.303 e. The summed E-state index contributed by atoms with van der Waals surface area (Å²) >= 11 is 0. The van der Waals surface area contributed by atoms with Gasteiger partial charge in [0.05, 0.1) is 5.60 Å². The van der Waals surface area contributed by atoms with Crippen LogP contribution < -0.4 is 0 Å². The lowest BCUT2D eigenvalue weighted by atomic mass is 9.47. The van der Waals surface area contributed by atoms with E-state index in [2.05, 4.69) is 32.1 Å². The molecular formula is C23H28O4. The number of carbonyl (C=O) groups excluding carboxylic acids is 1. The van der Waals surface area contributed by atoms with E-state index in [1.807, 2.05) is 0 Å². The summed E-state index contributed by atoms with van der Waals surface area (Å²) in [6, 6.07) is 0. The van der Waals surface area contributed by atoms with Gasteiger partial charge in [-0.15, -0.1) is 0 Å². The number of carboxylic acid groups (broad SMARTS) is 1. The van der Waals surface area contributed by atoms with Crippen molar-refractivity contribution in [2.75, 3.05) is 0 Å². The maximum absolute atomic E-state index is 11.8. The van der Waals surface area contributed by atoms with Crippen molar-refractivity contribution in [3.8, 4) is 0 Å². The molecule has 5 aliphatic rings. The van der Waals surface area contributed by atoms with Crippen molar-refractivity contribution >= 4 is 11.8 Å². The van der Waals surface area contributed by atoms with Crippen LogP contribution in [-0.2, 0) is 9.59 Å². The van der Waals surface area contributed by atoms with Gasteiger partial charge in [-0.1, -0.05) is 32.1 Å². The molecule has 0 aromatic rings. The van der Waals surface area contributed by atoms with Gasteiger partial charge in [-0.2, -0.15) is 0 Å². The first-order valence-electron chi connectivity index (χ1n) is 10.3. The molecule has 0 saturated heterocycles. The van der Waals surface area contributed by atoms with Gasteiger partial charge in [-0.3, -0.25) is 9.59 Å². The second-order valence-electron chi connectivity index (χ2n) is 9.97. The summed E-state index contributed by atoms with van der Waals surface area (Å²) in [5.41, 5.74) is -0.0605. The van der Waals surface area contributed by atoms with Crippen molar-refractivity contribution in [3.05, 3.63) is 36.0 Å². The second-order valence-corrected chi connectivity index (χ2v) is 9.97. The van der Waals surface area contributed by atoms with Crippen molar-refractivity contribution < 1.29 is 19.8 Å². The molecule has 0 radical (unpaired) electrons. The average molecular weight is 368 g/mol. The lowest BCUT2D eigenvalue weighted by Gasteiger charge is -2.57. The normalized spacial score (nSPS) is 51.7. The molecule has 27 heavy (non-hydrogen) atoms. The van der Waals surface area contributed by atoms with E-state index in [-0.39, 0.29) is 29.0 Å². The molecule has 0 spiro atoms. The highest BCUT2D eigenvalue weighted by Crippen LogP contribution is 2.76. The Morgan fingerprint density at radius 3 is 2.78 bits per heavy atom. The SMILES string of the molecule is C[C@]12C=CC(=O)C=C1C=CC1C2CC[C@@]2(C)C1C1C[C@H]1[C@@]2(O)CCC(=O)O. The van der Waals surface area contributed by atoms with Gasteiger partial charge in [-0.05, 0) is 73.0 Å². The van der Waals surface area contributed by atoms with Gasteiger partial charge in [0, 0.05) is 17.3 Å². The fraction of sp³-hybridized carbons (Fsp3) is 0.652. The molecule has 5 aliphatic carbocycles. The third kappa shape index (κ3) is 2.08. The van der Waals surface area contributed by atoms with Crippen LogP contribution in [0.15, 0.2) is 36.0 Å². The van der Waals surface area contributed by atoms with Gasteiger partial charge < -0.3 is 10.2 Å². The summed E-state index contributed by atoms with van der Waals surface area (Å²) in [4.78, 5) is 23.0. The molecular weight excluding hydrogens is 340 g/mol. The van der Waals surface area contributed by atoms with Crippen LogP contribution in [-0.4, -0.2) is 27.6 Å². The number of carboxylic acids is 1. The molecule has 8 atom stereocenters. The van der Waals surface area contributed by atoms with Crippen LogP contribution in [0.2, 0.25) is 0 Å². The van der Waals surface area contributed by atoms with E-state index in [4.69, 9.17) is 0 Å². The smallest absolute Gasteiger partial charge is 0.303 e. The van der Waals surface area contributed by atoms with Crippen LogP contribution in [0, 0.1) is 40.4 Å². The Labute approximate surface area is 160 Å². The van der Waals surface area contributed by atoms with E-state index in [0.29, 0.717) is 30.1 Å². The molecule has 144 valence electrons. The minimum Gasteiger partial charge on any atom is -0.481 e. The first-order valence-corrected chi connectivity index (χ1v) is 10.3. The molecule has 4 heteroatoms. The van der Waals surface area contributed by atoms with Gasteiger partial charge in [0.1, 0.15) is 0 Å². The number of carbonyl (C=O) groups is 2. The Bertz CT molecular complexity index is 822. The van der Waals surface area contributed by atoms with E-state index in [1.54, 1.807) is 12.2 Å². The number of hydrogen-bond acceptors (Lipinski definition) is 3. The molecule has 2 N–H and O–H groups in total. The zero-order chi connectivity index (χ0) is 19.2. The third-order valence-corrected chi connectivity index (χ3v) is 8.99. The van der Waals surface area contributed by atoms with Crippen molar-refractivity contribution in [1.82, 2.24) is 0 Å². The van der Waals surface area contributed by atoms with Crippen molar-refractivity contribution in [2.45, 2.75) is 51.6 Å².